The Labute approximate surface area is 185 Å². The third kappa shape index (κ3) is 4.13. The molecule has 1 aliphatic rings. The molecule has 156 valence electrons. The van der Waals surface area contributed by atoms with Gasteiger partial charge in [0.15, 0.2) is 5.11 Å². The van der Waals surface area contributed by atoms with Gasteiger partial charge in [-0.1, -0.05) is 6.07 Å². The quantitative estimate of drug-likeness (QED) is 0.386. The fourth-order valence-electron chi connectivity index (χ4n) is 3.55. The molecule has 0 atom stereocenters. The Morgan fingerprint density at radius 1 is 0.968 bits per heavy atom. The Hall–Kier alpha value is -3.71. The predicted octanol–water partition coefficient (Wildman–Crippen LogP) is 3.93. The first-order valence-corrected chi connectivity index (χ1v) is 10.1. The number of aromatic nitrogens is 1. The van der Waals surface area contributed by atoms with E-state index in [1.54, 1.807) is 13.2 Å². The minimum Gasteiger partial charge on any atom is -0.497 e. The first-order valence-electron chi connectivity index (χ1n) is 9.68. The lowest BCUT2D eigenvalue weighted by atomic mass is 10.1. The number of carbonyl (C=O) groups excluding carboxylic acids is 2. The number of hydrogen-bond donors (Lipinski definition) is 1. The van der Waals surface area contributed by atoms with E-state index in [0.29, 0.717) is 5.69 Å². The van der Waals surface area contributed by atoms with E-state index >= 15 is 0 Å². The van der Waals surface area contributed by atoms with Gasteiger partial charge in [-0.05, 0) is 91.3 Å². The molecule has 4 rings (SSSR count). The summed E-state index contributed by atoms with van der Waals surface area (Å²) >= 11 is 5.29. The standard InChI is InChI=1S/C24H21N3O3S/c1-15-10-16(2)12-19(11-15)27-23(29)21(22(28)25-24(27)31)13-17-8-9-26(14-17)18-4-6-20(30-3)7-5-18/h4-14H,1-3H3,(H,25,28,31)/b21-13-. The van der Waals surface area contributed by atoms with Crippen LogP contribution in [0, 0.1) is 13.8 Å². The zero-order chi connectivity index (χ0) is 22.1. The molecule has 1 aliphatic heterocycles. The van der Waals surface area contributed by atoms with Crippen molar-refractivity contribution in [3.8, 4) is 11.4 Å². The number of methoxy groups -OCH3 is 1. The van der Waals surface area contributed by atoms with Crippen molar-refractivity contribution in [3.63, 3.8) is 0 Å². The second-order valence-electron chi connectivity index (χ2n) is 7.35. The Morgan fingerprint density at radius 2 is 1.65 bits per heavy atom. The van der Waals surface area contributed by atoms with Gasteiger partial charge in [0.2, 0.25) is 0 Å². The smallest absolute Gasteiger partial charge is 0.270 e. The SMILES string of the molecule is COc1ccc(-n2ccc(/C=C3/C(=O)NC(=S)N(c4cc(C)cc(C)c4)C3=O)c2)cc1. The number of aryl methyl sites for hydroxylation is 2. The van der Waals surface area contributed by atoms with Crippen LogP contribution in [-0.4, -0.2) is 28.6 Å². The van der Waals surface area contributed by atoms with E-state index in [1.165, 1.54) is 4.90 Å². The molecule has 0 bridgehead atoms. The van der Waals surface area contributed by atoms with Crippen LogP contribution in [0.3, 0.4) is 0 Å². The molecule has 3 aromatic rings. The Bertz CT molecular complexity index is 1200. The van der Waals surface area contributed by atoms with Crippen LogP contribution >= 0.6 is 12.2 Å². The number of anilines is 1. The highest BCUT2D eigenvalue weighted by molar-refractivity contribution is 7.80. The zero-order valence-electron chi connectivity index (χ0n) is 17.4. The first-order chi connectivity index (χ1) is 14.9. The monoisotopic (exact) mass is 431 g/mol. The van der Waals surface area contributed by atoms with Crippen LogP contribution in [0.2, 0.25) is 0 Å². The van der Waals surface area contributed by atoms with Gasteiger partial charge in [-0.2, -0.15) is 0 Å². The van der Waals surface area contributed by atoms with Crippen molar-refractivity contribution in [2.24, 2.45) is 0 Å². The molecule has 31 heavy (non-hydrogen) atoms. The molecule has 0 radical (unpaired) electrons. The zero-order valence-corrected chi connectivity index (χ0v) is 18.2. The molecule has 0 unspecified atom stereocenters. The van der Waals surface area contributed by atoms with Crippen LogP contribution < -0.4 is 15.0 Å². The number of nitrogens with zero attached hydrogens (tertiary/aromatic N) is 2. The molecule has 1 N–H and O–H groups in total. The van der Waals surface area contributed by atoms with Crippen molar-refractivity contribution in [3.05, 3.63) is 83.2 Å². The van der Waals surface area contributed by atoms with E-state index in [4.69, 9.17) is 17.0 Å². The molecule has 2 amide bonds. The number of carbonyl (C=O) groups is 2. The van der Waals surface area contributed by atoms with E-state index in [-0.39, 0.29) is 10.7 Å². The van der Waals surface area contributed by atoms with Gasteiger partial charge in [-0.3, -0.25) is 19.8 Å². The van der Waals surface area contributed by atoms with Crippen LogP contribution in [0.15, 0.2) is 66.5 Å². The van der Waals surface area contributed by atoms with Crippen molar-refractivity contribution >= 4 is 40.9 Å². The van der Waals surface area contributed by atoms with Crippen LogP contribution in [0.5, 0.6) is 5.75 Å². The van der Waals surface area contributed by atoms with E-state index < -0.39 is 11.8 Å². The lowest BCUT2D eigenvalue weighted by Gasteiger charge is -2.29. The Kier molecular flexibility index (Phi) is 5.44. The normalized spacial score (nSPS) is 15.4. The molecule has 1 saturated heterocycles. The molecule has 1 fully saturated rings. The van der Waals surface area contributed by atoms with Crippen molar-refractivity contribution in [1.82, 2.24) is 9.88 Å². The largest absolute Gasteiger partial charge is 0.497 e. The molecule has 6 nitrogen and oxygen atoms in total. The van der Waals surface area contributed by atoms with Crippen molar-refractivity contribution < 1.29 is 14.3 Å². The molecule has 0 saturated carbocycles. The summed E-state index contributed by atoms with van der Waals surface area (Å²) in [6.07, 6.45) is 5.30. The summed E-state index contributed by atoms with van der Waals surface area (Å²) in [6, 6.07) is 15.2. The lowest BCUT2D eigenvalue weighted by molar-refractivity contribution is -0.122. The summed E-state index contributed by atoms with van der Waals surface area (Å²) in [6.45, 7) is 3.90. The van der Waals surface area contributed by atoms with Crippen molar-refractivity contribution in [2.75, 3.05) is 12.0 Å². The fraction of sp³-hybridized carbons (Fsp3) is 0.125. The minimum atomic E-state index is -0.507. The molecular formula is C24H21N3O3S. The second kappa shape index (κ2) is 8.20. The number of hydrogen-bond acceptors (Lipinski definition) is 4. The summed E-state index contributed by atoms with van der Waals surface area (Å²) in [5.41, 5.74) is 4.33. The van der Waals surface area contributed by atoms with Crippen LogP contribution in [0.4, 0.5) is 5.69 Å². The highest BCUT2D eigenvalue weighted by Gasteiger charge is 2.34. The van der Waals surface area contributed by atoms with Crippen LogP contribution in [-0.2, 0) is 9.59 Å². The summed E-state index contributed by atoms with van der Waals surface area (Å²) < 4.78 is 7.09. The molecule has 0 spiro atoms. The minimum absolute atomic E-state index is 0.0280. The fourth-order valence-corrected chi connectivity index (χ4v) is 3.83. The van der Waals surface area contributed by atoms with E-state index in [2.05, 4.69) is 5.32 Å². The van der Waals surface area contributed by atoms with Crippen molar-refractivity contribution in [1.29, 1.82) is 0 Å². The Balaban J connectivity index is 1.66. The number of nitrogens with one attached hydrogen (secondary N) is 1. The van der Waals surface area contributed by atoms with E-state index in [9.17, 15) is 9.59 Å². The van der Waals surface area contributed by atoms with Gasteiger partial charge in [0.05, 0.1) is 12.8 Å². The number of rotatable bonds is 4. The van der Waals surface area contributed by atoms with Gasteiger partial charge in [0.1, 0.15) is 11.3 Å². The molecule has 2 heterocycles. The summed E-state index contributed by atoms with van der Waals surface area (Å²) in [5.74, 6) is -0.186. The number of benzene rings is 2. The number of thiocarbonyl (C=S) groups is 1. The maximum atomic E-state index is 13.2. The van der Waals surface area contributed by atoms with Gasteiger partial charge in [0.25, 0.3) is 11.8 Å². The van der Waals surface area contributed by atoms with Gasteiger partial charge in [-0.15, -0.1) is 0 Å². The maximum Gasteiger partial charge on any atom is 0.270 e. The topological polar surface area (TPSA) is 63.6 Å². The first kappa shape index (κ1) is 20.6. The number of amides is 2. The highest BCUT2D eigenvalue weighted by atomic mass is 32.1. The average molecular weight is 432 g/mol. The molecule has 1 aromatic heterocycles. The summed E-state index contributed by atoms with van der Waals surface area (Å²) in [5, 5.41) is 2.70. The van der Waals surface area contributed by atoms with Gasteiger partial charge in [0, 0.05) is 18.1 Å². The van der Waals surface area contributed by atoms with Crippen LogP contribution in [0.1, 0.15) is 16.7 Å². The van der Waals surface area contributed by atoms with Gasteiger partial charge >= 0.3 is 0 Å². The van der Waals surface area contributed by atoms with Crippen molar-refractivity contribution in [2.45, 2.75) is 13.8 Å². The molecule has 7 heteroatoms. The molecule has 2 aromatic carbocycles. The summed E-state index contributed by atoms with van der Waals surface area (Å²) in [4.78, 5) is 27.1. The maximum absolute atomic E-state index is 13.2. The van der Waals surface area contributed by atoms with Gasteiger partial charge < -0.3 is 9.30 Å². The van der Waals surface area contributed by atoms with Crippen LogP contribution in [0.25, 0.3) is 11.8 Å². The highest BCUT2D eigenvalue weighted by Crippen LogP contribution is 2.25. The van der Waals surface area contributed by atoms with E-state index in [1.807, 2.05) is 79.3 Å². The number of ether oxygens (including phenoxy) is 1. The van der Waals surface area contributed by atoms with E-state index in [0.717, 1.165) is 28.1 Å². The third-order valence-corrected chi connectivity index (χ3v) is 5.25. The third-order valence-electron chi connectivity index (χ3n) is 4.96. The molecular weight excluding hydrogens is 410 g/mol. The second-order valence-corrected chi connectivity index (χ2v) is 7.74. The molecule has 0 aliphatic carbocycles. The summed E-state index contributed by atoms with van der Waals surface area (Å²) in [7, 11) is 1.62. The average Bonchev–Trinajstić information content (AvgIpc) is 3.19. The predicted molar refractivity (Wildman–Crippen MR) is 124 cm³/mol. The lowest BCUT2D eigenvalue weighted by Crippen LogP contribution is -2.54. The van der Waals surface area contributed by atoms with Gasteiger partial charge in [-0.25, -0.2) is 0 Å². The Morgan fingerprint density at radius 3 is 2.29 bits per heavy atom.